The number of piperidine rings is 1. The van der Waals surface area contributed by atoms with Crippen molar-refractivity contribution in [2.24, 2.45) is 0 Å². The highest BCUT2D eigenvalue weighted by molar-refractivity contribution is 7.89. The van der Waals surface area contributed by atoms with Crippen molar-refractivity contribution in [1.82, 2.24) is 9.62 Å². The molecule has 0 radical (unpaired) electrons. The molecule has 162 valence electrons. The van der Waals surface area contributed by atoms with E-state index < -0.39 is 10.0 Å². The molecule has 2 aromatic carbocycles. The summed E-state index contributed by atoms with van der Waals surface area (Å²) in [6.07, 6.45) is 3.20. The van der Waals surface area contributed by atoms with Gasteiger partial charge in [-0.1, -0.05) is 30.2 Å². The van der Waals surface area contributed by atoms with Crippen molar-refractivity contribution in [3.63, 3.8) is 0 Å². The van der Waals surface area contributed by atoms with Gasteiger partial charge in [0.1, 0.15) is 0 Å². The molecule has 0 unspecified atom stereocenters. The van der Waals surface area contributed by atoms with Crippen LogP contribution in [-0.4, -0.2) is 37.9 Å². The molecule has 3 rings (SSSR count). The van der Waals surface area contributed by atoms with Gasteiger partial charge in [-0.3, -0.25) is 0 Å². The lowest BCUT2D eigenvalue weighted by molar-refractivity contribution is 0.234. The minimum atomic E-state index is -3.58. The van der Waals surface area contributed by atoms with Gasteiger partial charge in [-0.2, -0.15) is 4.31 Å². The Morgan fingerprint density at radius 3 is 2.60 bits per heavy atom. The van der Waals surface area contributed by atoms with Crippen LogP contribution in [-0.2, 0) is 10.0 Å². The molecule has 1 atom stereocenters. The minimum absolute atomic E-state index is 0.125. The van der Waals surface area contributed by atoms with Crippen LogP contribution in [0, 0.1) is 13.8 Å². The topological polar surface area (TPSA) is 78.5 Å². The third-order valence-corrected chi connectivity index (χ3v) is 7.71. The van der Waals surface area contributed by atoms with Gasteiger partial charge in [0, 0.05) is 29.8 Å². The third-order valence-electron chi connectivity index (χ3n) is 5.37. The molecule has 1 fully saturated rings. The lowest BCUT2D eigenvalue weighted by Gasteiger charge is -2.35. The molecule has 1 saturated heterocycles. The number of hydrogen-bond donors (Lipinski definition) is 2. The number of carbonyl (C=O) groups is 1. The number of urea groups is 1. The normalized spacial score (nSPS) is 17.5. The Morgan fingerprint density at radius 2 is 1.87 bits per heavy atom. The first-order valence-corrected chi connectivity index (χ1v) is 12.0. The standard InChI is InChI=1S/C22H28ClN3O3S/c1-16-6-7-17(2)21(15-16)30(28,29)26-14-4-3-5-20(26)12-13-24-22(27)25-19-10-8-18(23)9-11-19/h6-11,15,20H,3-5,12-14H2,1-2H3,(H2,24,25,27)/t20-/m0/s1. The lowest BCUT2D eigenvalue weighted by atomic mass is 10.0. The molecule has 0 spiro atoms. The summed E-state index contributed by atoms with van der Waals surface area (Å²) in [4.78, 5) is 12.5. The first-order valence-electron chi connectivity index (χ1n) is 10.2. The van der Waals surface area contributed by atoms with Crippen molar-refractivity contribution in [3.05, 3.63) is 58.6 Å². The van der Waals surface area contributed by atoms with Gasteiger partial charge in [0.25, 0.3) is 0 Å². The number of aryl methyl sites for hydroxylation is 2. The molecular weight excluding hydrogens is 422 g/mol. The van der Waals surface area contributed by atoms with Gasteiger partial charge in [0.15, 0.2) is 0 Å². The Balaban J connectivity index is 1.62. The van der Waals surface area contributed by atoms with Crippen LogP contribution in [0.1, 0.15) is 36.8 Å². The Bertz CT molecular complexity index is 993. The van der Waals surface area contributed by atoms with E-state index in [-0.39, 0.29) is 12.1 Å². The zero-order valence-electron chi connectivity index (χ0n) is 17.3. The van der Waals surface area contributed by atoms with E-state index in [1.165, 1.54) is 0 Å². The second-order valence-electron chi connectivity index (χ2n) is 7.71. The number of sulfonamides is 1. The van der Waals surface area contributed by atoms with Crippen molar-refractivity contribution >= 4 is 33.3 Å². The number of benzene rings is 2. The largest absolute Gasteiger partial charge is 0.338 e. The summed E-state index contributed by atoms with van der Waals surface area (Å²) in [7, 11) is -3.58. The van der Waals surface area contributed by atoms with Crippen molar-refractivity contribution in [2.75, 3.05) is 18.4 Å². The van der Waals surface area contributed by atoms with Crippen LogP contribution in [0.5, 0.6) is 0 Å². The lowest BCUT2D eigenvalue weighted by Crippen LogP contribution is -2.45. The first kappa shape index (κ1) is 22.6. The van der Waals surface area contributed by atoms with E-state index >= 15 is 0 Å². The zero-order chi connectivity index (χ0) is 21.7. The van der Waals surface area contributed by atoms with E-state index in [9.17, 15) is 13.2 Å². The summed E-state index contributed by atoms with van der Waals surface area (Å²) in [5.74, 6) is 0. The molecule has 0 aliphatic carbocycles. The number of halogens is 1. The smallest absolute Gasteiger partial charge is 0.319 e. The van der Waals surface area contributed by atoms with Gasteiger partial charge in [0.2, 0.25) is 10.0 Å². The summed E-state index contributed by atoms with van der Waals surface area (Å²) in [6, 6.07) is 11.9. The third kappa shape index (κ3) is 5.53. The van der Waals surface area contributed by atoms with E-state index in [1.54, 1.807) is 34.6 Å². The zero-order valence-corrected chi connectivity index (χ0v) is 18.9. The van der Waals surface area contributed by atoms with E-state index in [2.05, 4.69) is 10.6 Å². The molecule has 30 heavy (non-hydrogen) atoms. The molecule has 2 amide bonds. The SMILES string of the molecule is Cc1ccc(C)c(S(=O)(=O)N2CCCC[C@H]2CCNC(=O)Nc2ccc(Cl)cc2)c1. The van der Waals surface area contributed by atoms with Crippen LogP contribution >= 0.6 is 11.6 Å². The number of carbonyl (C=O) groups excluding carboxylic acids is 1. The van der Waals surface area contributed by atoms with Crippen LogP contribution < -0.4 is 10.6 Å². The quantitative estimate of drug-likeness (QED) is 0.670. The minimum Gasteiger partial charge on any atom is -0.338 e. The summed E-state index contributed by atoms with van der Waals surface area (Å²) in [5.41, 5.74) is 2.33. The van der Waals surface area contributed by atoms with Crippen molar-refractivity contribution < 1.29 is 13.2 Å². The van der Waals surface area contributed by atoms with E-state index in [1.807, 2.05) is 26.0 Å². The molecule has 2 N–H and O–H groups in total. The average molecular weight is 450 g/mol. The van der Waals surface area contributed by atoms with Gasteiger partial charge < -0.3 is 10.6 Å². The van der Waals surface area contributed by atoms with E-state index in [0.29, 0.717) is 35.1 Å². The Kier molecular flexibility index (Phi) is 7.39. The molecule has 1 heterocycles. The predicted octanol–water partition coefficient (Wildman–Crippen LogP) is 4.71. The number of amides is 2. The summed E-state index contributed by atoms with van der Waals surface area (Å²) in [6.45, 7) is 4.63. The fourth-order valence-electron chi connectivity index (χ4n) is 3.75. The number of nitrogens with one attached hydrogen (secondary N) is 2. The molecule has 1 aliphatic rings. The van der Waals surface area contributed by atoms with Gasteiger partial charge in [-0.15, -0.1) is 0 Å². The molecule has 8 heteroatoms. The summed E-state index contributed by atoms with van der Waals surface area (Å²) < 4.78 is 28.3. The Hall–Kier alpha value is -2.09. The van der Waals surface area contributed by atoms with Gasteiger partial charge >= 0.3 is 6.03 Å². The van der Waals surface area contributed by atoms with E-state index in [4.69, 9.17) is 11.6 Å². The number of rotatable bonds is 6. The molecule has 0 aromatic heterocycles. The molecule has 0 saturated carbocycles. The maximum absolute atomic E-state index is 13.4. The number of anilines is 1. The van der Waals surface area contributed by atoms with Crippen LogP contribution in [0.4, 0.5) is 10.5 Å². The predicted molar refractivity (Wildman–Crippen MR) is 121 cm³/mol. The number of nitrogens with zero attached hydrogens (tertiary/aromatic N) is 1. The van der Waals surface area contributed by atoms with Crippen LogP contribution in [0.2, 0.25) is 5.02 Å². The molecule has 0 bridgehead atoms. The highest BCUT2D eigenvalue weighted by Crippen LogP contribution is 2.29. The molecule has 1 aliphatic heterocycles. The van der Waals surface area contributed by atoms with Crippen LogP contribution in [0.3, 0.4) is 0 Å². The Labute approximate surface area is 183 Å². The first-order chi connectivity index (χ1) is 14.3. The molecule has 6 nitrogen and oxygen atoms in total. The maximum Gasteiger partial charge on any atom is 0.319 e. The summed E-state index contributed by atoms with van der Waals surface area (Å²) in [5, 5.41) is 6.17. The Morgan fingerprint density at radius 1 is 1.13 bits per heavy atom. The van der Waals surface area contributed by atoms with Gasteiger partial charge in [-0.05, 0) is 74.6 Å². The fourth-order valence-corrected chi connectivity index (χ4v) is 5.91. The van der Waals surface area contributed by atoms with Crippen molar-refractivity contribution in [2.45, 2.75) is 50.5 Å². The second-order valence-corrected chi connectivity index (χ2v) is 10.0. The second kappa shape index (κ2) is 9.81. The highest BCUT2D eigenvalue weighted by atomic mass is 35.5. The van der Waals surface area contributed by atoms with Crippen molar-refractivity contribution in [1.29, 1.82) is 0 Å². The molecule has 2 aromatic rings. The fraction of sp³-hybridized carbons (Fsp3) is 0.409. The van der Waals surface area contributed by atoms with Gasteiger partial charge in [-0.25, -0.2) is 13.2 Å². The average Bonchev–Trinajstić information content (AvgIpc) is 2.72. The van der Waals surface area contributed by atoms with Gasteiger partial charge in [0.05, 0.1) is 4.90 Å². The number of hydrogen-bond acceptors (Lipinski definition) is 3. The van der Waals surface area contributed by atoms with Crippen molar-refractivity contribution in [3.8, 4) is 0 Å². The van der Waals surface area contributed by atoms with E-state index in [0.717, 1.165) is 30.4 Å². The van der Waals surface area contributed by atoms with Crippen LogP contribution in [0.15, 0.2) is 47.4 Å². The summed E-state index contributed by atoms with van der Waals surface area (Å²) >= 11 is 5.85. The van der Waals surface area contributed by atoms with Crippen LogP contribution in [0.25, 0.3) is 0 Å². The monoisotopic (exact) mass is 449 g/mol. The molecular formula is C22H28ClN3O3S. The maximum atomic E-state index is 13.4. The highest BCUT2D eigenvalue weighted by Gasteiger charge is 2.34.